The Hall–Kier alpha value is -2.30. The Balaban J connectivity index is 2.53. The van der Waals surface area contributed by atoms with Crippen molar-refractivity contribution in [2.24, 2.45) is 0 Å². The lowest BCUT2D eigenvalue weighted by Gasteiger charge is -2.28. The maximum absolute atomic E-state index is 12.5. The van der Waals surface area contributed by atoms with Crippen LogP contribution in [0, 0.1) is 0 Å². The first-order valence-corrected chi connectivity index (χ1v) is 7.69. The molecule has 0 bridgehead atoms. The molecule has 124 valence electrons. The first kappa shape index (κ1) is 17.1. The summed E-state index contributed by atoms with van der Waals surface area (Å²) < 4.78 is 0. The van der Waals surface area contributed by atoms with Crippen LogP contribution in [0.1, 0.15) is 63.0 Å². The third kappa shape index (κ3) is 3.73. The first-order chi connectivity index (χ1) is 10.5. The van der Waals surface area contributed by atoms with Crippen LogP contribution < -0.4 is 5.32 Å². The van der Waals surface area contributed by atoms with Gasteiger partial charge in [-0.1, -0.05) is 41.5 Å². The second-order valence-electron chi connectivity index (χ2n) is 7.81. The summed E-state index contributed by atoms with van der Waals surface area (Å²) in [5, 5.41) is 13.4. The van der Waals surface area contributed by atoms with Crippen LogP contribution in [0.2, 0.25) is 0 Å². The summed E-state index contributed by atoms with van der Waals surface area (Å²) in [6, 6.07) is 3.51. The fourth-order valence-corrected chi connectivity index (χ4v) is 2.42. The third-order valence-electron chi connectivity index (χ3n) is 3.72. The number of aromatic nitrogens is 2. The number of H-pyrrole nitrogens is 1. The molecular formula is C18H25N3O2. The van der Waals surface area contributed by atoms with Gasteiger partial charge in [-0.3, -0.25) is 10.1 Å². The number of carbonyl (C=O) groups excluding carboxylic acids is 1. The molecule has 1 aromatic heterocycles. The van der Waals surface area contributed by atoms with Crippen LogP contribution in [0.5, 0.6) is 5.75 Å². The van der Waals surface area contributed by atoms with Gasteiger partial charge in [-0.15, -0.1) is 0 Å². The summed E-state index contributed by atoms with van der Waals surface area (Å²) in [4.78, 5) is 19.4. The number of hydrogen-bond donors (Lipinski definition) is 3. The molecule has 0 fully saturated rings. The Kier molecular flexibility index (Phi) is 4.24. The zero-order chi connectivity index (χ0) is 17.4. The number of nitrogens with zero attached hydrogens (tertiary/aromatic N) is 1. The van der Waals surface area contributed by atoms with E-state index in [4.69, 9.17) is 0 Å². The molecule has 0 spiro atoms. The van der Waals surface area contributed by atoms with E-state index in [9.17, 15) is 9.90 Å². The van der Waals surface area contributed by atoms with Gasteiger partial charge in [0, 0.05) is 29.1 Å². The van der Waals surface area contributed by atoms with Crippen molar-refractivity contribution in [3.8, 4) is 5.75 Å². The average molecular weight is 315 g/mol. The van der Waals surface area contributed by atoms with Crippen LogP contribution in [0.4, 0.5) is 5.95 Å². The van der Waals surface area contributed by atoms with Crippen LogP contribution in [-0.2, 0) is 10.8 Å². The number of phenols is 1. The number of aromatic amines is 1. The highest BCUT2D eigenvalue weighted by Gasteiger charge is 2.27. The molecule has 1 heterocycles. The van der Waals surface area contributed by atoms with Gasteiger partial charge in [0.25, 0.3) is 5.91 Å². The number of nitrogens with one attached hydrogen (secondary N) is 2. The minimum absolute atomic E-state index is 0.254. The van der Waals surface area contributed by atoms with Gasteiger partial charge in [0.15, 0.2) is 0 Å². The molecule has 0 radical (unpaired) electrons. The Labute approximate surface area is 137 Å². The Morgan fingerprint density at radius 1 is 1.09 bits per heavy atom. The highest BCUT2D eigenvalue weighted by molar-refractivity contribution is 6.03. The molecule has 0 saturated heterocycles. The molecule has 0 aliphatic carbocycles. The number of aromatic hydroxyl groups is 1. The van der Waals surface area contributed by atoms with Gasteiger partial charge in [-0.05, 0) is 23.0 Å². The van der Waals surface area contributed by atoms with E-state index in [1.54, 1.807) is 24.5 Å². The lowest BCUT2D eigenvalue weighted by Crippen LogP contribution is -2.21. The van der Waals surface area contributed by atoms with Gasteiger partial charge < -0.3 is 10.1 Å². The fourth-order valence-electron chi connectivity index (χ4n) is 2.42. The molecule has 5 nitrogen and oxygen atoms in total. The number of phenolic OH excluding ortho intramolecular Hbond substituents is 1. The van der Waals surface area contributed by atoms with Crippen molar-refractivity contribution in [3.63, 3.8) is 0 Å². The minimum atomic E-state index is -0.273. The fraction of sp³-hybridized carbons (Fsp3) is 0.444. The van der Waals surface area contributed by atoms with E-state index in [1.165, 1.54) is 0 Å². The molecule has 1 aromatic carbocycles. The summed E-state index contributed by atoms with van der Waals surface area (Å²) in [6.07, 6.45) is 3.22. The van der Waals surface area contributed by atoms with E-state index in [0.29, 0.717) is 11.5 Å². The highest BCUT2D eigenvalue weighted by Crippen LogP contribution is 2.39. The van der Waals surface area contributed by atoms with E-state index in [-0.39, 0.29) is 22.5 Å². The van der Waals surface area contributed by atoms with Gasteiger partial charge in [0.2, 0.25) is 5.95 Å². The van der Waals surface area contributed by atoms with Crippen LogP contribution in [0.15, 0.2) is 24.5 Å². The van der Waals surface area contributed by atoms with Crippen molar-refractivity contribution in [2.75, 3.05) is 5.32 Å². The summed E-state index contributed by atoms with van der Waals surface area (Å²) >= 11 is 0. The van der Waals surface area contributed by atoms with E-state index >= 15 is 0 Å². The molecular weight excluding hydrogens is 290 g/mol. The van der Waals surface area contributed by atoms with Crippen molar-refractivity contribution in [3.05, 3.63) is 41.2 Å². The Morgan fingerprint density at radius 3 is 2.00 bits per heavy atom. The normalized spacial score (nSPS) is 12.3. The largest absolute Gasteiger partial charge is 0.507 e. The van der Waals surface area contributed by atoms with Gasteiger partial charge in [0.05, 0.1) is 0 Å². The smallest absolute Gasteiger partial charge is 0.257 e. The minimum Gasteiger partial charge on any atom is -0.507 e. The van der Waals surface area contributed by atoms with Crippen molar-refractivity contribution < 1.29 is 9.90 Å². The van der Waals surface area contributed by atoms with Crippen molar-refractivity contribution in [1.29, 1.82) is 0 Å². The number of amides is 1. The third-order valence-corrected chi connectivity index (χ3v) is 3.72. The number of hydrogen-bond acceptors (Lipinski definition) is 3. The van der Waals surface area contributed by atoms with E-state index < -0.39 is 0 Å². The molecule has 2 rings (SSSR count). The van der Waals surface area contributed by atoms with E-state index in [2.05, 4.69) is 15.3 Å². The van der Waals surface area contributed by atoms with Gasteiger partial charge in [-0.25, -0.2) is 4.98 Å². The van der Waals surface area contributed by atoms with Gasteiger partial charge in [0.1, 0.15) is 5.75 Å². The predicted molar refractivity (Wildman–Crippen MR) is 92.0 cm³/mol. The van der Waals surface area contributed by atoms with E-state index in [0.717, 1.165) is 11.1 Å². The molecule has 2 aromatic rings. The first-order valence-electron chi connectivity index (χ1n) is 7.69. The maximum Gasteiger partial charge on any atom is 0.257 e. The maximum atomic E-state index is 12.5. The van der Waals surface area contributed by atoms with Crippen LogP contribution >= 0.6 is 0 Å². The molecule has 3 N–H and O–H groups in total. The van der Waals surface area contributed by atoms with Crippen molar-refractivity contribution in [1.82, 2.24) is 9.97 Å². The van der Waals surface area contributed by atoms with Gasteiger partial charge >= 0.3 is 0 Å². The quantitative estimate of drug-likeness (QED) is 0.785. The van der Waals surface area contributed by atoms with Gasteiger partial charge in [-0.2, -0.15) is 0 Å². The lowest BCUT2D eigenvalue weighted by molar-refractivity contribution is 0.102. The SMILES string of the molecule is CC(C)(C)c1cc(C(=O)Nc2ncc[nH]2)cc(C(C)(C)C)c1O. The second-order valence-corrected chi connectivity index (χ2v) is 7.81. The molecule has 0 saturated carbocycles. The molecule has 1 amide bonds. The number of anilines is 1. The summed E-state index contributed by atoms with van der Waals surface area (Å²) in [5.41, 5.74) is 1.48. The summed E-state index contributed by atoms with van der Waals surface area (Å²) in [7, 11) is 0. The van der Waals surface area contributed by atoms with Crippen LogP contribution in [0.25, 0.3) is 0 Å². The number of imidazole rings is 1. The lowest BCUT2D eigenvalue weighted by atomic mass is 9.78. The Morgan fingerprint density at radius 2 is 1.61 bits per heavy atom. The second kappa shape index (κ2) is 5.72. The average Bonchev–Trinajstić information content (AvgIpc) is 2.88. The van der Waals surface area contributed by atoms with Crippen LogP contribution in [-0.4, -0.2) is 21.0 Å². The van der Waals surface area contributed by atoms with Crippen molar-refractivity contribution in [2.45, 2.75) is 52.4 Å². The van der Waals surface area contributed by atoms with E-state index in [1.807, 2.05) is 41.5 Å². The molecule has 23 heavy (non-hydrogen) atoms. The summed E-state index contributed by atoms with van der Waals surface area (Å²) in [6.45, 7) is 12.1. The number of carbonyl (C=O) groups is 1. The highest BCUT2D eigenvalue weighted by atomic mass is 16.3. The molecule has 0 atom stereocenters. The molecule has 0 unspecified atom stereocenters. The number of rotatable bonds is 2. The van der Waals surface area contributed by atoms with Crippen molar-refractivity contribution >= 4 is 11.9 Å². The monoisotopic (exact) mass is 315 g/mol. The molecule has 0 aliphatic rings. The predicted octanol–water partition coefficient (Wildman–Crippen LogP) is 3.96. The molecule has 5 heteroatoms. The Bertz CT molecular complexity index is 670. The topological polar surface area (TPSA) is 78.0 Å². The zero-order valence-electron chi connectivity index (χ0n) is 14.6. The number of benzene rings is 1. The molecule has 0 aliphatic heterocycles. The summed E-state index contributed by atoms with van der Waals surface area (Å²) in [5.74, 6) is 0.410. The van der Waals surface area contributed by atoms with Crippen LogP contribution in [0.3, 0.4) is 0 Å². The standard InChI is InChI=1S/C18H25N3O2/c1-17(2,3)12-9-11(10-13(14(12)22)18(4,5)6)15(23)21-16-19-7-8-20-16/h7-10,22H,1-6H3,(H2,19,20,21,23). The zero-order valence-corrected chi connectivity index (χ0v) is 14.6.